The number of anilines is 1. The highest BCUT2D eigenvalue weighted by atomic mass is 16.2. The minimum Gasteiger partial charge on any atom is -0.326 e. The van der Waals surface area contributed by atoms with E-state index >= 15 is 0 Å². The summed E-state index contributed by atoms with van der Waals surface area (Å²) in [6.45, 7) is 3.32. The quantitative estimate of drug-likeness (QED) is 0.904. The first kappa shape index (κ1) is 14.1. The lowest BCUT2D eigenvalue weighted by molar-refractivity contribution is -0.123. The fraction of sp³-hybridized carbons (Fsp3) is 0.562. The highest BCUT2D eigenvalue weighted by Gasteiger charge is 2.25. The van der Waals surface area contributed by atoms with Crippen molar-refractivity contribution >= 4 is 11.6 Å². The fourth-order valence-electron chi connectivity index (χ4n) is 2.85. The molecule has 0 spiro atoms. The molecule has 0 unspecified atom stereocenters. The van der Waals surface area contributed by atoms with Crippen LogP contribution in [-0.4, -0.2) is 12.5 Å². The number of hydrogen-bond donors (Lipinski definition) is 1. The molecule has 0 bridgehead atoms. The first-order chi connectivity index (χ1) is 9.26. The van der Waals surface area contributed by atoms with Gasteiger partial charge < -0.3 is 10.6 Å². The Bertz CT molecular complexity index is 407. The van der Waals surface area contributed by atoms with Crippen molar-refractivity contribution in [2.24, 2.45) is 11.7 Å². The molecule has 0 aromatic heterocycles. The van der Waals surface area contributed by atoms with Crippen LogP contribution in [0.5, 0.6) is 0 Å². The average molecular weight is 260 g/mol. The zero-order valence-electron chi connectivity index (χ0n) is 11.8. The summed E-state index contributed by atoms with van der Waals surface area (Å²) in [5, 5.41) is 0. The summed E-state index contributed by atoms with van der Waals surface area (Å²) in [5.74, 6) is 0.519. The van der Waals surface area contributed by atoms with E-state index in [4.69, 9.17) is 5.73 Å². The lowest BCUT2D eigenvalue weighted by Gasteiger charge is -2.28. The molecule has 19 heavy (non-hydrogen) atoms. The molecule has 1 aliphatic rings. The van der Waals surface area contributed by atoms with Crippen LogP contribution in [0.4, 0.5) is 5.69 Å². The van der Waals surface area contributed by atoms with Crippen molar-refractivity contribution in [1.82, 2.24) is 0 Å². The Hall–Kier alpha value is -1.35. The van der Waals surface area contributed by atoms with E-state index in [-0.39, 0.29) is 5.92 Å². The molecule has 3 heteroatoms. The normalized spacial score (nSPS) is 16.3. The third-order valence-corrected chi connectivity index (χ3v) is 4.02. The number of benzene rings is 1. The third-order valence-electron chi connectivity index (χ3n) is 4.02. The zero-order valence-corrected chi connectivity index (χ0v) is 11.8. The number of nitrogens with two attached hydrogens (primary N) is 1. The molecule has 0 heterocycles. The van der Waals surface area contributed by atoms with Gasteiger partial charge in [0.05, 0.1) is 0 Å². The fourth-order valence-corrected chi connectivity index (χ4v) is 2.85. The standard InChI is InChI=1S/C16H24N2O/c1-2-18(15-10-8-13(12-17)9-11-15)16(19)14-6-4-3-5-7-14/h8-11,14H,2-7,12,17H2,1H3. The molecule has 0 atom stereocenters. The maximum absolute atomic E-state index is 12.6. The van der Waals surface area contributed by atoms with Gasteiger partial charge in [-0.25, -0.2) is 0 Å². The first-order valence-electron chi connectivity index (χ1n) is 7.36. The number of nitrogens with zero attached hydrogens (tertiary/aromatic N) is 1. The van der Waals surface area contributed by atoms with E-state index in [0.717, 1.165) is 30.6 Å². The number of carbonyl (C=O) groups is 1. The van der Waals surface area contributed by atoms with Crippen molar-refractivity contribution in [2.45, 2.75) is 45.6 Å². The Morgan fingerprint density at radius 1 is 1.21 bits per heavy atom. The van der Waals surface area contributed by atoms with Gasteiger partial charge in [-0.1, -0.05) is 31.4 Å². The van der Waals surface area contributed by atoms with E-state index in [1.165, 1.54) is 19.3 Å². The molecule has 0 saturated heterocycles. The monoisotopic (exact) mass is 260 g/mol. The molecule has 1 saturated carbocycles. The van der Waals surface area contributed by atoms with Gasteiger partial charge in [0.1, 0.15) is 0 Å². The third kappa shape index (κ3) is 3.35. The Morgan fingerprint density at radius 2 is 1.84 bits per heavy atom. The van der Waals surface area contributed by atoms with Crippen LogP contribution in [0.1, 0.15) is 44.6 Å². The molecule has 2 N–H and O–H groups in total. The molecule has 0 aliphatic heterocycles. The summed E-state index contributed by atoms with van der Waals surface area (Å²) in [6, 6.07) is 8.02. The van der Waals surface area contributed by atoms with Gasteiger partial charge in [0.2, 0.25) is 5.91 Å². The lowest BCUT2D eigenvalue weighted by Crippen LogP contribution is -2.37. The topological polar surface area (TPSA) is 46.3 Å². The van der Waals surface area contributed by atoms with E-state index in [1.807, 2.05) is 36.1 Å². The maximum Gasteiger partial charge on any atom is 0.230 e. The van der Waals surface area contributed by atoms with Crippen molar-refractivity contribution in [1.29, 1.82) is 0 Å². The zero-order chi connectivity index (χ0) is 13.7. The summed E-state index contributed by atoms with van der Waals surface area (Å²) >= 11 is 0. The Morgan fingerprint density at radius 3 is 2.37 bits per heavy atom. The summed E-state index contributed by atoms with van der Waals surface area (Å²) < 4.78 is 0. The van der Waals surface area contributed by atoms with Crippen molar-refractivity contribution < 1.29 is 4.79 Å². The molecule has 104 valence electrons. The molecule has 1 fully saturated rings. The van der Waals surface area contributed by atoms with Gasteiger partial charge in [-0.05, 0) is 37.5 Å². The van der Waals surface area contributed by atoms with Crippen molar-refractivity contribution in [3.63, 3.8) is 0 Å². The van der Waals surface area contributed by atoms with E-state index in [9.17, 15) is 4.79 Å². The molecule has 1 amide bonds. The predicted molar refractivity (Wildman–Crippen MR) is 78.9 cm³/mol. The van der Waals surface area contributed by atoms with Crippen LogP contribution in [0.3, 0.4) is 0 Å². The minimum absolute atomic E-state index is 0.225. The molecule has 3 nitrogen and oxygen atoms in total. The summed E-state index contributed by atoms with van der Waals surface area (Å²) in [4.78, 5) is 14.5. The van der Waals surface area contributed by atoms with Crippen molar-refractivity contribution in [3.05, 3.63) is 29.8 Å². The molecule has 1 aromatic carbocycles. The van der Waals surface area contributed by atoms with E-state index in [2.05, 4.69) is 0 Å². The largest absolute Gasteiger partial charge is 0.326 e. The summed E-state index contributed by atoms with van der Waals surface area (Å²) in [7, 11) is 0. The average Bonchev–Trinajstić information content (AvgIpc) is 2.49. The highest BCUT2D eigenvalue weighted by Crippen LogP contribution is 2.27. The van der Waals surface area contributed by atoms with Gasteiger partial charge in [0.15, 0.2) is 0 Å². The Balaban J connectivity index is 2.11. The number of carbonyl (C=O) groups excluding carboxylic acids is 1. The van der Waals surface area contributed by atoms with Gasteiger partial charge in [-0.2, -0.15) is 0 Å². The van der Waals surface area contributed by atoms with Crippen LogP contribution in [0, 0.1) is 5.92 Å². The van der Waals surface area contributed by atoms with Crippen LogP contribution in [0.25, 0.3) is 0 Å². The van der Waals surface area contributed by atoms with Gasteiger partial charge in [-0.15, -0.1) is 0 Å². The van der Waals surface area contributed by atoms with Crippen LogP contribution in [0.2, 0.25) is 0 Å². The second-order valence-corrected chi connectivity index (χ2v) is 5.29. The molecular weight excluding hydrogens is 236 g/mol. The van der Waals surface area contributed by atoms with Crippen LogP contribution in [-0.2, 0) is 11.3 Å². The van der Waals surface area contributed by atoms with Crippen molar-refractivity contribution in [2.75, 3.05) is 11.4 Å². The van der Waals surface area contributed by atoms with Gasteiger partial charge in [-0.3, -0.25) is 4.79 Å². The second kappa shape index (κ2) is 6.71. The smallest absolute Gasteiger partial charge is 0.230 e. The van der Waals surface area contributed by atoms with E-state index < -0.39 is 0 Å². The van der Waals surface area contributed by atoms with Gasteiger partial charge in [0.25, 0.3) is 0 Å². The molecule has 1 aliphatic carbocycles. The molecule has 0 radical (unpaired) electrons. The lowest BCUT2D eigenvalue weighted by atomic mass is 9.88. The highest BCUT2D eigenvalue weighted by molar-refractivity contribution is 5.95. The summed E-state index contributed by atoms with van der Waals surface area (Å²) in [5.41, 5.74) is 7.70. The SMILES string of the molecule is CCN(C(=O)C1CCCCC1)c1ccc(CN)cc1. The number of hydrogen-bond acceptors (Lipinski definition) is 2. The number of amides is 1. The predicted octanol–water partition coefficient (Wildman–Crippen LogP) is 3.08. The van der Waals surface area contributed by atoms with Crippen LogP contribution >= 0.6 is 0 Å². The number of rotatable bonds is 4. The van der Waals surface area contributed by atoms with Crippen LogP contribution < -0.4 is 10.6 Å². The Kier molecular flexibility index (Phi) is 4.97. The van der Waals surface area contributed by atoms with E-state index in [1.54, 1.807) is 0 Å². The van der Waals surface area contributed by atoms with Crippen LogP contribution in [0.15, 0.2) is 24.3 Å². The molecule has 2 rings (SSSR count). The summed E-state index contributed by atoms with van der Waals surface area (Å²) in [6.07, 6.45) is 5.77. The minimum atomic E-state index is 0.225. The molecule has 1 aromatic rings. The molecular formula is C16H24N2O. The maximum atomic E-state index is 12.6. The second-order valence-electron chi connectivity index (χ2n) is 5.29. The van der Waals surface area contributed by atoms with Crippen molar-refractivity contribution in [3.8, 4) is 0 Å². The Labute approximate surface area is 115 Å². The first-order valence-corrected chi connectivity index (χ1v) is 7.36. The van der Waals surface area contributed by atoms with Gasteiger partial charge in [0, 0.05) is 24.7 Å². The van der Waals surface area contributed by atoms with Gasteiger partial charge >= 0.3 is 0 Å². The van der Waals surface area contributed by atoms with E-state index in [0.29, 0.717) is 12.5 Å².